The second-order valence-corrected chi connectivity index (χ2v) is 35.1. The fourth-order valence-corrected chi connectivity index (χ4v) is 30.8. The fourth-order valence-electron chi connectivity index (χ4n) is 10.5. The SMILES string of the molecule is CC(C)CC1=Cc2c(-c3ccc4c5c(cccc35)C=C4)cccc2[CH]1[Zr+2]([CH]1C(CC(C)C)=Cc2c(-c3ccc4c5c(cccc35)C=C4)cccc21)=[Si](C)C.[Cl-].[Cl-]. The Morgan fingerprint density at radius 3 is 1.27 bits per heavy atom. The molecule has 56 heavy (non-hydrogen) atoms. The van der Waals surface area contributed by atoms with Crippen molar-refractivity contribution in [3.8, 4) is 22.3 Å². The number of hydrogen-bond donors (Lipinski definition) is 0. The Labute approximate surface area is 353 Å². The molecule has 0 radical (unpaired) electrons. The van der Waals surface area contributed by atoms with Crippen LogP contribution < -0.4 is 24.8 Å². The first kappa shape index (κ1) is 39.3. The number of hydrogen-bond acceptors (Lipinski definition) is 0. The molecule has 0 saturated carbocycles. The molecule has 4 heteroatoms. The molecular formula is C52H48Cl2SiZr. The zero-order chi connectivity index (χ0) is 36.8. The Balaban J connectivity index is 0.00000220. The van der Waals surface area contributed by atoms with E-state index in [2.05, 4.69) is 174 Å². The molecule has 0 heterocycles. The molecule has 4 aliphatic carbocycles. The molecule has 2 atom stereocenters. The fraction of sp³-hybridized carbons (Fsp3) is 0.231. The van der Waals surface area contributed by atoms with Gasteiger partial charge < -0.3 is 24.8 Å². The summed E-state index contributed by atoms with van der Waals surface area (Å²) in [6.45, 7) is 15.1. The van der Waals surface area contributed by atoms with Crippen molar-refractivity contribution in [1.82, 2.24) is 0 Å². The first-order valence-corrected chi connectivity index (χ1v) is 29.1. The second kappa shape index (κ2) is 15.3. The quantitative estimate of drug-likeness (QED) is 0.134. The van der Waals surface area contributed by atoms with Crippen molar-refractivity contribution >= 4 is 63.4 Å². The first-order chi connectivity index (χ1) is 26.3. The summed E-state index contributed by atoms with van der Waals surface area (Å²) in [7, 11) is 0. The van der Waals surface area contributed by atoms with Gasteiger partial charge in [0, 0.05) is 0 Å². The summed E-state index contributed by atoms with van der Waals surface area (Å²) in [5.41, 5.74) is 20.2. The van der Waals surface area contributed by atoms with Gasteiger partial charge >= 0.3 is 331 Å². The van der Waals surface area contributed by atoms with E-state index in [0.717, 1.165) is 0 Å². The maximum atomic E-state index is 2.70. The Morgan fingerprint density at radius 2 is 0.875 bits per heavy atom. The maximum Gasteiger partial charge on any atom is -1.00 e. The molecule has 0 aliphatic heterocycles. The summed E-state index contributed by atoms with van der Waals surface area (Å²) < 4.78 is 1.20. The first-order valence-electron chi connectivity index (χ1n) is 20.1. The number of fused-ring (bicyclic) bond motifs is 2. The van der Waals surface area contributed by atoms with Crippen molar-refractivity contribution in [3.63, 3.8) is 0 Å². The van der Waals surface area contributed by atoms with Crippen LogP contribution in [-0.2, 0) is 20.4 Å². The molecule has 0 fully saturated rings. The Morgan fingerprint density at radius 1 is 0.482 bits per heavy atom. The predicted octanol–water partition coefficient (Wildman–Crippen LogP) is 8.84. The maximum absolute atomic E-state index is 2.70. The average Bonchev–Trinajstić information content (AvgIpc) is 3.94. The topological polar surface area (TPSA) is 0 Å². The molecule has 0 N–H and O–H groups in total. The van der Waals surface area contributed by atoms with Gasteiger partial charge in [-0.15, -0.1) is 0 Å². The Bertz CT molecular complexity index is 2550. The van der Waals surface area contributed by atoms with Gasteiger partial charge in [-0.1, -0.05) is 0 Å². The van der Waals surface area contributed by atoms with Crippen molar-refractivity contribution in [2.45, 2.75) is 60.9 Å². The standard InChI is InChI=1S/2C25H21.C2H6Si.2ClH.Zr/c2*1-16(2)13-17-14-20-6-4-7-21(24(20)15-17)22-12-11-19-10-9-18-5-3-8-23(22)25(18)19;1-3-2;;;/h2*3-12,14-16H,13H2,1-2H3;1-2H3;2*1H;/q;;;;;+2/p-2. The monoisotopic (exact) mass is 860 g/mol. The summed E-state index contributed by atoms with van der Waals surface area (Å²) in [6, 6.07) is 37.9. The third-order valence-corrected chi connectivity index (χ3v) is 32.0. The second-order valence-electron chi connectivity index (χ2n) is 17.2. The number of rotatable bonds is 8. The van der Waals surface area contributed by atoms with Crippen LogP contribution in [0.1, 0.15) is 92.3 Å². The van der Waals surface area contributed by atoms with Crippen molar-refractivity contribution in [2.24, 2.45) is 11.8 Å². The molecule has 0 nitrogen and oxygen atoms in total. The van der Waals surface area contributed by atoms with Crippen LogP contribution in [0.15, 0.2) is 108 Å². The van der Waals surface area contributed by atoms with E-state index in [1.807, 2.05) is 0 Å². The molecule has 0 bridgehead atoms. The normalized spacial score (nSPS) is 16.5. The molecule has 278 valence electrons. The van der Waals surface area contributed by atoms with Crippen LogP contribution in [0.3, 0.4) is 0 Å². The largest absolute Gasteiger partial charge is 1.00 e. The molecule has 2 unspecified atom stereocenters. The summed E-state index contributed by atoms with van der Waals surface area (Å²) in [4.78, 5) is 0. The minimum absolute atomic E-state index is 0. The zero-order valence-corrected chi connectivity index (χ0v) is 38.2. The summed E-state index contributed by atoms with van der Waals surface area (Å²) >= 11 is -2.37. The van der Waals surface area contributed by atoms with Crippen molar-refractivity contribution < 1.29 is 45.2 Å². The third-order valence-electron chi connectivity index (χ3n) is 12.5. The molecule has 6 aromatic rings. The minimum Gasteiger partial charge on any atom is -1.00 e. The van der Waals surface area contributed by atoms with E-state index in [4.69, 9.17) is 0 Å². The van der Waals surface area contributed by atoms with Gasteiger partial charge in [0.25, 0.3) is 0 Å². The van der Waals surface area contributed by atoms with Crippen molar-refractivity contribution in [1.29, 1.82) is 0 Å². The molecule has 0 saturated heterocycles. The van der Waals surface area contributed by atoms with Crippen LogP contribution in [0.25, 0.3) is 80.3 Å². The van der Waals surface area contributed by atoms with E-state index >= 15 is 0 Å². The third kappa shape index (κ3) is 6.26. The number of allylic oxidation sites excluding steroid dienone is 2. The van der Waals surface area contributed by atoms with E-state index in [9.17, 15) is 0 Å². The van der Waals surface area contributed by atoms with Crippen molar-refractivity contribution in [3.05, 3.63) is 153 Å². The molecule has 10 rings (SSSR count). The van der Waals surface area contributed by atoms with Gasteiger partial charge in [0.05, 0.1) is 0 Å². The number of halogens is 2. The van der Waals surface area contributed by atoms with Crippen LogP contribution in [0.2, 0.25) is 13.1 Å². The molecule has 0 aromatic heterocycles. The number of benzene rings is 6. The zero-order valence-electron chi connectivity index (χ0n) is 33.2. The van der Waals surface area contributed by atoms with E-state index < -0.39 is 25.8 Å². The van der Waals surface area contributed by atoms with E-state index in [-0.39, 0.29) is 24.8 Å². The Hall–Kier alpha value is -3.52. The van der Waals surface area contributed by atoms with E-state index in [1.165, 1.54) is 90.0 Å². The van der Waals surface area contributed by atoms with Gasteiger partial charge in [-0.25, -0.2) is 0 Å². The molecular weight excluding hydrogens is 815 g/mol. The van der Waals surface area contributed by atoms with E-state index in [1.54, 1.807) is 22.3 Å². The molecule has 6 aromatic carbocycles. The van der Waals surface area contributed by atoms with Crippen LogP contribution in [0, 0.1) is 11.8 Å². The smallest absolute Gasteiger partial charge is 1.00 e. The molecule has 0 spiro atoms. The molecule has 0 amide bonds. The predicted molar refractivity (Wildman–Crippen MR) is 234 cm³/mol. The minimum atomic E-state index is -2.37. The van der Waals surface area contributed by atoms with Gasteiger partial charge in [0.15, 0.2) is 0 Å². The molecule has 4 aliphatic rings. The van der Waals surface area contributed by atoms with Gasteiger partial charge in [0.2, 0.25) is 0 Å². The van der Waals surface area contributed by atoms with Crippen LogP contribution in [0.4, 0.5) is 0 Å². The van der Waals surface area contributed by atoms with Crippen molar-refractivity contribution in [2.75, 3.05) is 0 Å². The van der Waals surface area contributed by atoms with Gasteiger partial charge in [-0.3, -0.25) is 0 Å². The Kier molecular flexibility index (Phi) is 10.8. The summed E-state index contributed by atoms with van der Waals surface area (Å²) in [5.74, 6) is 1.25. The summed E-state index contributed by atoms with van der Waals surface area (Å²) in [6.07, 6.45) is 16.9. The van der Waals surface area contributed by atoms with Gasteiger partial charge in [-0.05, 0) is 0 Å². The average molecular weight is 863 g/mol. The van der Waals surface area contributed by atoms with Gasteiger partial charge in [0.1, 0.15) is 0 Å². The van der Waals surface area contributed by atoms with Crippen LogP contribution in [0.5, 0.6) is 0 Å². The summed E-state index contributed by atoms with van der Waals surface area (Å²) in [5, 5.41) is 5.60. The van der Waals surface area contributed by atoms with Crippen LogP contribution in [-0.4, -0.2) is 5.43 Å². The van der Waals surface area contributed by atoms with E-state index in [0.29, 0.717) is 19.1 Å². The van der Waals surface area contributed by atoms with Gasteiger partial charge in [-0.2, -0.15) is 0 Å². The van der Waals surface area contributed by atoms with Crippen LogP contribution >= 0.6 is 0 Å².